The number of hydrogen-bond acceptors (Lipinski definition) is 5. The van der Waals surface area contributed by atoms with Gasteiger partial charge in [-0.25, -0.2) is 4.79 Å². The van der Waals surface area contributed by atoms with Crippen molar-refractivity contribution in [3.63, 3.8) is 0 Å². The SMILES string of the molecule is O=c1ccn([C@H]2CO[C@@H](CO)[C@H](O)C2)c(=O)[nH]1. The van der Waals surface area contributed by atoms with Gasteiger partial charge in [0.25, 0.3) is 5.56 Å². The molecule has 0 saturated carbocycles. The minimum Gasteiger partial charge on any atom is -0.394 e. The zero-order valence-electron chi connectivity index (χ0n) is 9.07. The molecule has 0 unspecified atom stereocenters. The lowest BCUT2D eigenvalue weighted by molar-refractivity contribution is -0.113. The highest BCUT2D eigenvalue weighted by Crippen LogP contribution is 2.22. The summed E-state index contributed by atoms with van der Waals surface area (Å²) >= 11 is 0. The number of rotatable bonds is 2. The monoisotopic (exact) mass is 242 g/mol. The average Bonchev–Trinajstić information content (AvgIpc) is 2.29. The van der Waals surface area contributed by atoms with Crippen LogP contribution in [0.3, 0.4) is 0 Å². The van der Waals surface area contributed by atoms with E-state index in [-0.39, 0.29) is 19.3 Å². The standard InChI is InChI=1S/C10H14N2O5/c13-4-8-7(14)3-6(5-17-8)12-2-1-9(15)11-10(12)16/h1-2,6-8,13-14H,3-5H2,(H,11,15,16)/t6-,7-,8+/m1/s1. The molecule has 0 aromatic carbocycles. The maximum atomic E-state index is 11.5. The van der Waals surface area contributed by atoms with Gasteiger partial charge in [0.2, 0.25) is 0 Å². The van der Waals surface area contributed by atoms with E-state index in [0.717, 1.165) is 0 Å². The summed E-state index contributed by atoms with van der Waals surface area (Å²) in [5.41, 5.74) is -0.988. The van der Waals surface area contributed by atoms with Gasteiger partial charge in [0.1, 0.15) is 6.10 Å². The predicted octanol–water partition coefficient (Wildman–Crippen LogP) is -1.78. The van der Waals surface area contributed by atoms with Gasteiger partial charge in [0, 0.05) is 12.3 Å². The van der Waals surface area contributed by atoms with Crippen molar-refractivity contribution in [1.82, 2.24) is 9.55 Å². The Morgan fingerprint density at radius 2 is 2.29 bits per heavy atom. The maximum absolute atomic E-state index is 11.5. The molecule has 1 saturated heterocycles. The quantitative estimate of drug-likeness (QED) is 0.568. The van der Waals surface area contributed by atoms with E-state index < -0.39 is 23.5 Å². The van der Waals surface area contributed by atoms with Crippen LogP contribution in [-0.2, 0) is 4.74 Å². The summed E-state index contributed by atoms with van der Waals surface area (Å²) in [6.45, 7) is -0.0390. The number of H-pyrrole nitrogens is 1. The van der Waals surface area contributed by atoms with E-state index in [2.05, 4.69) is 4.98 Å². The van der Waals surface area contributed by atoms with Crippen LogP contribution in [0.25, 0.3) is 0 Å². The Morgan fingerprint density at radius 3 is 2.88 bits per heavy atom. The largest absolute Gasteiger partial charge is 0.394 e. The van der Waals surface area contributed by atoms with Gasteiger partial charge in [0.15, 0.2) is 0 Å². The molecule has 1 aromatic heterocycles. The highest BCUT2D eigenvalue weighted by Gasteiger charge is 2.30. The molecular formula is C10H14N2O5. The van der Waals surface area contributed by atoms with Crippen LogP contribution in [-0.4, -0.2) is 45.2 Å². The van der Waals surface area contributed by atoms with E-state index in [0.29, 0.717) is 6.42 Å². The molecule has 1 aliphatic rings. The average molecular weight is 242 g/mol. The maximum Gasteiger partial charge on any atom is 0.328 e. The molecule has 1 aromatic rings. The van der Waals surface area contributed by atoms with Crippen LogP contribution in [0, 0.1) is 0 Å². The lowest BCUT2D eigenvalue weighted by Crippen LogP contribution is -2.44. The van der Waals surface area contributed by atoms with Crippen molar-refractivity contribution >= 4 is 0 Å². The normalized spacial score (nSPS) is 29.2. The fourth-order valence-corrected chi connectivity index (χ4v) is 1.93. The number of aromatic nitrogens is 2. The number of nitrogens with zero attached hydrogens (tertiary/aromatic N) is 1. The van der Waals surface area contributed by atoms with Gasteiger partial charge >= 0.3 is 5.69 Å². The predicted molar refractivity (Wildman–Crippen MR) is 57.8 cm³/mol. The first-order chi connectivity index (χ1) is 8.11. The Morgan fingerprint density at radius 1 is 1.53 bits per heavy atom. The van der Waals surface area contributed by atoms with Crippen molar-refractivity contribution < 1.29 is 14.9 Å². The molecule has 0 bridgehead atoms. The van der Waals surface area contributed by atoms with E-state index in [1.54, 1.807) is 0 Å². The van der Waals surface area contributed by atoms with Crippen LogP contribution in [0.15, 0.2) is 21.9 Å². The number of aromatic amines is 1. The molecule has 17 heavy (non-hydrogen) atoms. The van der Waals surface area contributed by atoms with Crippen molar-refractivity contribution in [2.45, 2.75) is 24.7 Å². The van der Waals surface area contributed by atoms with E-state index in [1.165, 1.54) is 16.8 Å². The van der Waals surface area contributed by atoms with Crippen molar-refractivity contribution in [3.8, 4) is 0 Å². The lowest BCUT2D eigenvalue weighted by Gasteiger charge is -2.32. The number of aliphatic hydroxyl groups excluding tert-OH is 2. The van der Waals surface area contributed by atoms with Gasteiger partial charge in [0.05, 0.1) is 25.4 Å². The fraction of sp³-hybridized carbons (Fsp3) is 0.600. The zero-order valence-corrected chi connectivity index (χ0v) is 9.07. The molecule has 0 amide bonds. The van der Waals surface area contributed by atoms with E-state index in [4.69, 9.17) is 9.84 Å². The van der Waals surface area contributed by atoms with E-state index in [9.17, 15) is 14.7 Å². The van der Waals surface area contributed by atoms with E-state index in [1.807, 2.05) is 0 Å². The number of nitrogens with one attached hydrogen (secondary N) is 1. The summed E-state index contributed by atoms with van der Waals surface area (Å²) in [5, 5.41) is 18.6. The van der Waals surface area contributed by atoms with Crippen molar-refractivity contribution in [2.75, 3.05) is 13.2 Å². The first-order valence-corrected chi connectivity index (χ1v) is 5.34. The summed E-state index contributed by atoms with van der Waals surface area (Å²) in [4.78, 5) is 24.6. The van der Waals surface area contributed by atoms with Crippen LogP contribution < -0.4 is 11.2 Å². The van der Waals surface area contributed by atoms with Crippen molar-refractivity contribution in [2.24, 2.45) is 0 Å². The summed E-state index contributed by atoms with van der Waals surface area (Å²) < 4.78 is 6.56. The van der Waals surface area contributed by atoms with Gasteiger partial charge in [-0.1, -0.05) is 0 Å². The zero-order chi connectivity index (χ0) is 12.4. The van der Waals surface area contributed by atoms with Gasteiger partial charge < -0.3 is 14.9 Å². The molecule has 7 heteroatoms. The third-order valence-corrected chi connectivity index (χ3v) is 2.87. The van der Waals surface area contributed by atoms with Gasteiger partial charge in [-0.3, -0.25) is 14.3 Å². The highest BCUT2D eigenvalue weighted by molar-refractivity contribution is 4.89. The molecule has 1 aliphatic heterocycles. The molecule has 7 nitrogen and oxygen atoms in total. The molecule has 0 radical (unpaired) electrons. The second-order valence-electron chi connectivity index (χ2n) is 4.03. The molecule has 0 aliphatic carbocycles. The number of aliphatic hydroxyl groups is 2. The van der Waals surface area contributed by atoms with Gasteiger partial charge in [-0.05, 0) is 6.42 Å². The lowest BCUT2D eigenvalue weighted by atomic mass is 10.0. The van der Waals surface area contributed by atoms with Crippen LogP contribution >= 0.6 is 0 Å². The second-order valence-corrected chi connectivity index (χ2v) is 4.03. The first-order valence-electron chi connectivity index (χ1n) is 5.34. The third kappa shape index (κ3) is 2.46. The van der Waals surface area contributed by atoms with E-state index >= 15 is 0 Å². The Kier molecular flexibility index (Phi) is 3.41. The van der Waals surface area contributed by atoms with Crippen LogP contribution in [0.5, 0.6) is 0 Å². The van der Waals surface area contributed by atoms with Crippen LogP contribution in [0.2, 0.25) is 0 Å². The van der Waals surface area contributed by atoms with Crippen LogP contribution in [0.1, 0.15) is 12.5 Å². The van der Waals surface area contributed by atoms with Crippen LogP contribution in [0.4, 0.5) is 0 Å². The van der Waals surface area contributed by atoms with Crippen molar-refractivity contribution in [1.29, 1.82) is 0 Å². The first kappa shape index (κ1) is 12.0. The Bertz CT molecular complexity index is 494. The highest BCUT2D eigenvalue weighted by atomic mass is 16.5. The Balaban J connectivity index is 2.19. The molecule has 2 rings (SSSR count). The van der Waals surface area contributed by atoms with Gasteiger partial charge in [-0.15, -0.1) is 0 Å². The smallest absolute Gasteiger partial charge is 0.328 e. The molecule has 1 fully saturated rings. The second kappa shape index (κ2) is 4.82. The molecule has 94 valence electrons. The van der Waals surface area contributed by atoms with Crippen molar-refractivity contribution in [3.05, 3.63) is 33.1 Å². The number of ether oxygens (including phenoxy) is 1. The molecule has 3 atom stereocenters. The summed E-state index contributed by atoms with van der Waals surface area (Å²) in [6.07, 6.45) is 0.250. The minimum absolute atomic E-state index is 0.217. The molecule has 3 N–H and O–H groups in total. The molecule has 2 heterocycles. The Labute approximate surface area is 96.3 Å². The molecule has 0 spiro atoms. The number of hydrogen-bond donors (Lipinski definition) is 3. The third-order valence-electron chi connectivity index (χ3n) is 2.87. The topological polar surface area (TPSA) is 105 Å². The Hall–Kier alpha value is -1.44. The van der Waals surface area contributed by atoms with Gasteiger partial charge in [-0.2, -0.15) is 0 Å². The molecular weight excluding hydrogens is 228 g/mol. The fourth-order valence-electron chi connectivity index (χ4n) is 1.93. The minimum atomic E-state index is -0.822. The summed E-state index contributed by atoms with van der Waals surface area (Å²) in [6, 6.07) is 0.906. The summed E-state index contributed by atoms with van der Waals surface area (Å²) in [7, 11) is 0. The summed E-state index contributed by atoms with van der Waals surface area (Å²) in [5.74, 6) is 0.